The highest BCUT2D eigenvalue weighted by Crippen LogP contribution is 2.19. The molecule has 0 saturated heterocycles. The first-order chi connectivity index (χ1) is 11.8. The number of nitrogens with one attached hydrogen (secondary N) is 1. The van der Waals surface area contributed by atoms with Crippen molar-refractivity contribution in [1.29, 1.82) is 0 Å². The molecule has 3 heterocycles. The first-order valence-corrected chi connectivity index (χ1v) is 9.72. The second-order valence-electron chi connectivity index (χ2n) is 5.37. The molecule has 3 rings (SSSR count). The predicted octanol–water partition coefficient (Wildman–Crippen LogP) is 3.95. The fourth-order valence-corrected chi connectivity index (χ4v) is 3.88. The summed E-state index contributed by atoms with van der Waals surface area (Å²) in [5.41, 5.74) is 1.79. The van der Waals surface area contributed by atoms with Crippen molar-refractivity contribution in [3.8, 4) is 11.4 Å². The van der Waals surface area contributed by atoms with E-state index in [1.807, 2.05) is 29.6 Å². The molecule has 0 aliphatic heterocycles. The summed E-state index contributed by atoms with van der Waals surface area (Å²) in [5, 5.41) is 8.08. The summed E-state index contributed by atoms with van der Waals surface area (Å²) in [7, 11) is 0. The van der Waals surface area contributed by atoms with Gasteiger partial charge < -0.3 is 5.32 Å². The molecule has 0 fully saturated rings. The zero-order valence-electron chi connectivity index (χ0n) is 13.3. The van der Waals surface area contributed by atoms with Crippen LogP contribution in [0.25, 0.3) is 11.4 Å². The lowest BCUT2D eigenvalue weighted by molar-refractivity contribution is -0.121. The fraction of sp³-hybridized carbons (Fsp3) is 0.278. The molecule has 0 spiro atoms. The van der Waals surface area contributed by atoms with E-state index in [1.54, 1.807) is 28.9 Å². The van der Waals surface area contributed by atoms with Crippen molar-refractivity contribution in [2.24, 2.45) is 0 Å². The number of thiophene rings is 1. The zero-order chi connectivity index (χ0) is 16.6. The molecule has 3 aromatic heterocycles. The van der Waals surface area contributed by atoms with Crippen LogP contribution in [-0.4, -0.2) is 22.4 Å². The maximum atomic E-state index is 11.9. The Kier molecular flexibility index (Phi) is 6.09. The van der Waals surface area contributed by atoms with E-state index in [4.69, 9.17) is 0 Å². The second kappa shape index (κ2) is 8.70. The van der Waals surface area contributed by atoms with Gasteiger partial charge in [-0.1, -0.05) is 12.1 Å². The highest BCUT2D eigenvalue weighted by Gasteiger charge is 2.06. The number of thiazole rings is 1. The summed E-state index contributed by atoms with van der Waals surface area (Å²) < 4.78 is 0. The van der Waals surface area contributed by atoms with Crippen molar-refractivity contribution in [2.75, 3.05) is 6.54 Å². The van der Waals surface area contributed by atoms with Gasteiger partial charge in [-0.15, -0.1) is 22.7 Å². The Morgan fingerprint density at radius 2 is 2.04 bits per heavy atom. The number of hydrogen-bond acceptors (Lipinski definition) is 5. The third-order valence-corrected chi connectivity index (χ3v) is 5.39. The minimum Gasteiger partial charge on any atom is -0.356 e. The Hall–Kier alpha value is -2.05. The van der Waals surface area contributed by atoms with E-state index in [9.17, 15) is 4.79 Å². The standard InChI is InChI=1S/C18H19N3OS2/c22-17(8-3-5-14-6-4-12-23-14)20-11-9-18-21-16(13-24-18)15-7-1-2-10-19-15/h1-2,4,6-7,10,12-13H,3,5,8-9,11H2,(H,20,22). The first-order valence-electron chi connectivity index (χ1n) is 7.96. The van der Waals surface area contributed by atoms with Crippen LogP contribution in [-0.2, 0) is 17.6 Å². The molecule has 0 radical (unpaired) electrons. The van der Waals surface area contributed by atoms with Crippen LogP contribution in [0.2, 0.25) is 0 Å². The molecule has 0 atom stereocenters. The lowest BCUT2D eigenvalue weighted by Gasteiger charge is -2.03. The van der Waals surface area contributed by atoms with Crippen molar-refractivity contribution in [1.82, 2.24) is 15.3 Å². The van der Waals surface area contributed by atoms with Crippen LogP contribution in [0.5, 0.6) is 0 Å². The maximum absolute atomic E-state index is 11.9. The van der Waals surface area contributed by atoms with Gasteiger partial charge in [-0.05, 0) is 36.4 Å². The van der Waals surface area contributed by atoms with Gasteiger partial charge in [0.25, 0.3) is 0 Å². The summed E-state index contributed by atoms with van der Waals surface area (Å²) in [4.78, 5) is 22.1. The molecule has 124 valence electrons. The normalized spacial score (nSPS) is 10.7. The lowest BCUT2D eigenvalue weighted by atomic mass is 10.2. The van der Waals surface area contributed by atoms with Crippen LogP contribution in [0.1, 0.15) is 22.7 Å². The van der Waals surface area contributed by atoms with E-state index < -0.39 is 0 Å². The Morgan fingerprint density at radius 3 is 2.83 bits per heavy atom. The van der Waals surface area contributed by atoms with Crippen molar-refractivity contribution < 1.29 is 4.79 Å². The molecule has 0 aromatic carbocycles. The highest BCUT2D eigenvalue weighted by atomic mass is 32.1. The second-order valence-corrected chi connectivity index (χ2v) is 7.35. The molecule has 0 aliphatic carbocycles. The Balaban J connectivity index is 1.37. The van der Waals surface area contributed by atoms with E-state index in [2.05, 4.69) is 26.7 Å². The Morgan fingerprint density at radius 1 is 1.08 bits per heavy atom. The fourth-order valence-electron chi connectivity index (χ4n) is 2.33. The average Bonchev–Trinajstić information content (AvgIpc) is 3.28. The number of hydrogen-bond donors (Lipinski definition) is 1. The number of aryl methyl sites for hydroxylation is 1. The van der Waals surface area contributed by atoms with Gasteiger partial charge >= 0.3 is 0 Å². The highest BCUT2D eigenvalue weighted by molar-refractivity contribution is 7.10. The van der Waals surface area contributed by atoms with E-state index in [-0.39, 0.29) is 5.91 Å². The molecule has 4 nitrogen and oxygen atoms in total. The van der Waals surface area contributed by atoms with E-state index in [1.165, 1.54) is 4.88 Å². The summed E-state index contributed by atoms with van der Waals surface area (Å²) in [6, 6.07) is 9.97. The van der Waals surface area contributed by atoms with Gasteiger partial charge in [0.15, 0.2) is 0 Å². The van der Waals surface area contributed by atoms with Gasteiger partial charge in [0, 0.05) is 35.8 Å². The minimum absolute atomic E-state index is 0.119. The summed E-state index contributed by atoms with van der Waals surface area (Å²) in [6.45, 7) is 0.632. The Labute approximate surface area is 149 Å². The number of aromatic nitrogens is 2. The van der Waals surface area contributed by atoms with Crippen molar-refractivity contribution in [3.05, 3.63) is 57.2 Å². The van der Waals surface area contributed by atoms with E-state index >= 15 is 0 Å². The summed E-state index contributed by atoms with van der Waals surface area (Å²) in [6.07, 6.45) is 4.98. The maximum Gasteiger partial charge on any atom is 0.220 e. The number of pyridine rings is 1. The zero-order valence-corrected chi connectivity index (χ0v) is 14.9. The minimum atomic E-state index is 0.119. The number of amides is 1. The third kappa shape index (κ3) is 4.97. The predicted molar refractivity (Wildman–Crippen MR) is 99.3 cm³/mol. The van der Waals surface area contributed by atoms with Gasteiger partial charge in [-0.2, -0.15) is 0 Å². The molecule has 3 aromatic rings. The number of carbonyl (C=O) groups is 1. The molecule has 0 bridgehead atoms. The van der Waals surface area contributed by atoms with Crippen LogP contribution in [0.4, 0.5) is 0 Å². The Bertz CT molecular complexity index is 754. The van der Waals surface area contributed by atoms with Crippen molar-refractivity contribution in [2.45, 2.75) is 25.7 Å². The molecular formula is C18H19N3OS2. The molecule has 0 saturated carbocycles. The van der Waals surface area contributed by atoms with Gasteiger partial charge in [-0.3, -0.25) is 9.78 Å². The van der Waals surface area contributed by atoms with Crippen LogP contribution >= 0.6 is 22.7 Å². The monoisotopic (exact) mass is 357 g/mol. The largest absolute Gasteiger partial charge is 0.356 e. The molecule has 6 heteroatoms. The van der Waals surface area contributed by atoms with Crippen LogP contribution in [0.3, 0.4) is 0 Å². The number of carbonyl (C=O) groups excluding carboxylic acids is 1. The quantitative estimate of drug-likeness (QED) is 0.664. The van der Waals surface area contributed by atoms with Crippen molar-refractivity contribution in [3.63, 3.8) is 0 Å². The van der Waals surface area contributed by atoms with Crippen LogP contribution in [0.15, 0.2) is 47.3 Å². The molecule has 1 N–H and O–H groups in total. The van der Waals surface area contributed by atoms with Gasteiger partial charge in [-0.25, -0.2) is 4.98 Å². The molecule has 24 heavy (non-hydrogen) atoms. The molecule has 0 aliphatic rings. The summed E-state index contributed by atoms with van der Waals surface area (Å²) >= 11 is 3.36. The lowest BCUT2D eigenvalue weighted by Crippen LogP contribution is -2.25. The van der Waals surface area contributed by atoms with Crippen LogP contribution < -0.4 is 5.32 Å². The van der Waals surface area contributed by atoms with E-state index in [0.717, 1.165) is 35.7 Å². The number of nitrogens with zero attached hydrogens (tertiary/aromatic N) is 2. The SMILES string of the molecule is O=C(CCCc1cccs1)NCCc1nc(-c2ccccn2)cs1. The molecule has 0 unspecified atom stereocenters. The smallest absolute Gasteiger partial charge is 0.220 e. The molecule has 1 amide bonds. The summed E-state index contributed by atoms with van der Waals surface area (Å²) in [5.74, 6) is 0.119. The molecular weight excluding hydrogens is 338 g/mol. The van der Waals surface area contributed by atoms with Gasteiger partial charge in [0.1, 0.15) is 0 Å². The average molecular weight is 358 g/mol. The van der Waals surface area contributed by atoms with Crippen molar-refractivity contribution >= 4 is 28.6 Å². The van der Waals surface area contributed by atoms with E-state index in [0.29, 0.717) is 13.0 Å². The first kappa shape index (κ1) is 16.8. The van der Waals surface area contributed by atoms with Crippen LogP contribution in [0, 0.1) is 0 Å². The topological polar surface area (TPSA) is 54.9 Å². The van der Waals surface area contributed by atoms with Gasteiger partial charge in [0.05, 0.1) is 16.4 Å². The third-order valence-electron chi connectivity index (χ3n) is 3.55. The number of rotatable bonds is 8. The van der Waals surface area contributed by atoms with Gasteiger partial charge in [0.2, 0.25) is 5.91 Å².